The molecule has 0 aliphatic heterocycles. The standard InChI is InChI=1S/C9H18N4O2S/c1-4-7(5-2)8-11-12-9(13(8)6-3)16(10,14)15/h7H,4-6H2,1-3H3,(H2,10,14,15). The van der Waals surface area contributed by atoms with Gasteiger partial charge in [0.25, 0.3) is 15.2 Å². The third kappa shape index (κ3) is 2.41. The number of nitrogens with zero attached hydrogens (tertiary/aromatic N) is 3. The number of rotatable bonds is 5. The fourth-order valence-electron chi connectivity index (χ4n) is 1.76. The van der Waals surface area contributed by atoms with Gasteiger partial charge in [0.2, 0.25) is 0 Å². The molecule has 1 aromatic heterocycles. The molecule has 16 heavy (non-hydrogen) atoms. The molecular formula is C9H18N4O2S. The van der Waals surface area contributed by atoms with E-state index in [0.29, 0.717) is 12.4 Å². The molecule has 0 aliphatic carbocycles. The van der Waals surface area contributed by atoms with Crippen molar-refractivity contribution in [3.05, 3.63) is 5.82 Å². The molecule has 0 amide bonds. The SMILES string of the molecule is CCC(CC)c1nnc(S(N)(=O)=O)n1CC. The third-order valence-corrected chi connectivity index (χ3v) is 3.48. The minimum Gasteiger partial charge on any atom is -0.301 e. The number of sulfonamides is 1. The molecule has 0 aromatic carbocycles. The van der Waals surface area contributed by atoms with Crippen molar-refractivity contribution in [1.82, 2.24) is 14.8 Å². The molecule has 0 radical (unpaired) electrons. The van der Waals surface area contributed by atoms with Gasteiger partial charge in [0, 0.05) is 12.5 Å². The molecule has 1 aromatic rings. The summed E-state index contributed by atoms with van der Waals surface area (Å²) < 4.78 is 24.1. The summed E-state index contributed by atoms with van der Waals surface area (Å²) in [5, 5.41) is 12.6. The molecule has 92 valence electrons. The zero-order valence-electron chi connectivity index (χ0n) is 9.84. The molecular weight excluding hydrogens is 228 g/mol. The van der Waals surface area contributed by atoms with Gasteiger partial charge in [-0.25, -0.2) is 13.6 Å². The highest BCUT2D eigenvalue weighted by Gasteiger charge is 2.23. The summed E-state index contributed by atoms with van der Waals surface area (Å²) in [5.74, 6) is 0.930. The first-order chi connectivity index (χ1) is 7.45. The van der Waals surface area contributed by atoms with E-state index in [2.05, 4.69) is 10.2 Å². The van der Waals surface area contributed by atoms with Crippen molar-refractivity contribution in [3.8, 4) is 0 Å². The summed E-state index contributed by atoms with van der Waals surface area (Å²) in [4.78, 5) is 0. The van der Waals surface area contributed by atoms with Crippen molar-refractivity contribution >= 4 is 10.0 Å². The van der Waals surface area contributed by atoms with Crippen LogP contribution in [0.2, 0.25) is 0 Å². The van der Waals surface area contributed by atoms with E-state index in [-0.39, 0.29) is 11.1 Å². The van der Waals surface area contributed by atoms with Crippen LogP contribution in [0.3, 0.4) is 0 Å². The maximum atomic E-state index is 11.3. The van der Waals surface area contributed by atoms with Gasteiger partial charge in [0.15, 0.2) is 0 Å². The Kier molecular flexibility index (Phi) is 4.03. The average molecular weight is 246 g/mol. The van der Waals surface area contributed by atoms with E-state index in [1.165, 1.54) is 0 Å². The van der Waals surface area contributed by atoms with Crippen molar-refractivity contribution in [1.29, 1.82) is 0 Å². The van der Waals surface area contributed by atoms with Crippen LogP contribution in [0.1, 0.15) is 45.4 Å². The number of hydrogen-bond donors (Lipinski definition) is 1. The van der Waals surface area contributed by atoms with Gasteiger partial charge in [0.05, 0.1) is 0 Å². The lowest BCUT2D eigenvalue weighted by atomic mass is 10.0. The second-order valence-electron chi connectivity index (χ2n) is 3.64. The lowest BCUT2D eigenvalue weighted by Crippen LogP contribution is -2.19. The number of nitrogens with two attached hydrogens (primary N) is 1. The van der Waals surface area contributed by atoms with E-state index in [4.69, 9.17) is 5.14 Å². The maximum absolute atomic E-state index is 11.3. The molecule has 2 N–H and O–H groups in total. The highest BCUT2D eigenvalue weighted by atomic mass is 32.2. The normalized spacial score (nSPS) is 12.3. The van der Waals surface area contributed by atoms with Crippen LogP contribution in [0.25, 0.3) is 0 Å². The van der Waals surface area contributed by atoms with Gasteiger partial charge in [-0.15, -0.1) is 10.2 Å². The Morgan fingerprint density at radius 2 is 1.81 bits per heavy atom. The van der Waals surface area contributed by atoms with Crippen LogP contribution in [0, 0.1) is 0 Å². The molecule has 0 saturated heterocycles. The molecule has 0 aliphatic rings. The molecule has 1 rings (SSSR count). The predicted octanol–water partition coefficient (Wildman–Crippen LogP) is 0.849. The van der Waals surface area contributed by atoms with E-state index >= 15 is 0 Å². The van der Waals surface area contributed by atoms with E-state index < -0.39 is 10.0 Å². The molecule has 0 saturated carbocycles. The molecule has 0 unspecified atom stereocenters. The number of hydrogen-bond acceptors (Lipinski definition) is 4. The van der Waals surface area contributed by atoms with Crippen molar-refractivity contribution in [3.63, 3.8) is 0 Å². The highest BCUT2D eigenvalue weighted by molar-refractivity contribution is 7.89. The van der Waals surface area contributed by atoms with E-state index in [0.717, 1.165) is 12.8 Å². The first kappa shape index (κ1) is 13.1. The maximum Gasteiger partial charge on any atom is 0.273 e. The molecule has 1 heterocycles. The van der Waals surface area contributed by atoms with Crippen molar-refractivity contribution in [2.45, 2.75) is 51.2 Å². The quantitative estimate of drug-likeness (QED) is 0.833. The molecule has 0 atom stereocenters. The summed E-state index contributed by atoms with van der Waals surface area (Å²) >= 11 is 0. The summed E-state index contributed by atoms with van der Waals surface area (Å²) in [6, 6.07) is 0. The lowest BCUT2D eigenvalue weighted by Gasteiger charge is -2.13. The van der Waals surface area contributed by atoms with Crippen molar-refractivity contribution < 1.29 is 8.42 Å². The zero-order valence-corrected chi connectivity index (χ0v) is 10.7. The summed E-state index contributed by atoms with van der Waals surface area (Å²) in [7, 11) is -3.79. The van der Waals surface area contributed by atoms with Gasteiger partial charge in [-0.2, -0.15) is 0 Å². The Morgan fingerprint density at radius 3 is 2.19 bits per heavy atom. The van der Waals surface area contributed by atoms with Gasteiger partial charge in [0.1, 0.15) is 5.82 Å². The Hall–Kier alpha value is -0.950. The molecule has 0 spiro atoms. The Morgan fingerprint density at radius 1 is 1.25 bits per heavy atom. The zero-order chi connectivity index (χ0) is 12.3. The van der Waals surface area contributed by atoms with Gasteiger partial charge >= 0.3 is 0 Å². The highest BCUT2D eigenvalue weighted by Crippen LogP contribution is 2.22. The number of aromatic nitrogens is 3. The second-order valence-corrected chi connectivity index (χ2v) is 5.10. The summed E-state index contributed by atoms with van der Waals surface area (Å²) in [6.45, 7) is 6.44. The van der Waals surface area contributed by atoms with Gasteiger partial charge in [-0.05, 0) is 19.8 Å². The Bertz CT molecular complexity index is 448. The largest absolute Gasteiger partial charge is 0.301 e. The lowest BCUT2D eigenvalue weighted by molar-refractivity contribution is 0.528. The van der Waals surface area contributed by atoms with E-state index in [1.54, 1.807) is 4.57 Å². The summed E-state index contributed by atoms with van der Waals surface area (Å²) in [6.07, 6.45) is 1.80. The molecule has 7 heteroatoms. The van der Waals surface area contributed by atoms with Gasteiger partial charge in [-0.1, -0.05) is 13.8 Å². The minimum atomic E-state index is -3.79. The second kappa shape index (κ2) is 4.92. The van der Waals surface area contributed by atoms with E-state index in [9.17, 15) is 8.42 Å². The van der Waals surface area contributed by atoms with Gasteiger partial charge in [-0.3, -0.25) is 0 Å². The van der Waals surface area contributed by atoms with Gasteiger partial charge < -0.3 is 4.57 Å². The van der Waals surface area contributed by atoms with Crippen LogP contribution in [-0.2, 0) is 16.6 Å². The van der Waals surface area contributed by atoms with E-state index in [1.807, 2.05) is 20.8 Å². The van der Waals surface area contributed by atoms with Crippen LogP contribution >= 0.6 is 0 Å². The average Bonchev–Trinajstić information content (AvgIpc) is 2.63. The monoisotopic (exact) mass is 246 g/mol. The Labute approximate surface area is 95.9 Å². The fourth-order valence-corrected chi connectivity index (χ4v) is 2.45. The van der Waals surface area contributed by atoms with Crippen molar-refractivity contribution in [2.75, 3.05) is 0 Å². The molecule has 0 bridgehead atoms. The number of primary sulfonamides is 1. The smallest absolute Gasteiger partial charge is 0.273 e. The van der Waals surface area contributed by atoms with Crippen LogP contribution in [-0.4, -0.2) is 23.2 Å². The van der Waals surface area contributed by atoms with Crippen molar-refractivity contribution in [2.24, 2.45) is 5.14 Å². The topological polar surface area (TPSA) is 90.9 Å². The Balaban J connectivity index is 3.29. The third-order valence-electron chi connectivity index (χ3n) is 2.67. The first-order valence-electron chi connectivity index (χ1n) is 5.41. The summed E-state index contributed by atoms with van der Waals surface area (Å²) in [5.41, 5.74) is 0. The minimum absolute atomic E-state index is 0.142. The predicted molar refractivity (Wildman–Crippen MR) is 60.4 cm³/mol. The fraction of sp³-hybridized carbons (Fsp3) is 0.778. The molecule has 0 fully saturated rings. The first-order valence-corrected chi connectivity index (χ1v) is 6.96. The van der Waals surface area contributed by atoms with Crippen LogP contribution in [0.4, 0.5) is 0 Å². The van der Waals surface area contributed by atoms with Crippen LogP contribution < -0.4 is 5.14 Å². The van der Waals surface area contributed by atoms with Crippen LogP contribution in [0.15, 0.2) is 5.16 Å². The molecule has 6 nitrogen and oxygen atoms in total. The van der Waals surface area contributed by atoms with Crippen LogP contribution in [0.5, 0.6) is 0 Å².